The van der Waals surface area contributed by atoms with Gasteiger partial charge in [0, 0.05) is 0 Å². The van der Waals surface area contributed by atoms with Gasteiger partial charge in [-0.05, 0) is 12.2 Å². The van der Waals surface area contributed by atoms with Crippen LogP contribution in [0.1, 0.15) is 10.3 Å². The molecule has 0 aliphatic rings. The highest BCUT2D eigenvalue weighted by Crippen LogP contribution is 2.20. The molecule has 0 amide bonds. The van der Waals surface area contributed by atoms with Crippen LogP contribution in [0.25, 0.3) is 0 Å². The predicted octanol–water partition coefficient (Wildman–Crippen LogP) is 1.16. The smallest absolute Gasteiger partial charge is 0.176 e. The lowest BCUT2D eigenvalue weighted by Crippen LogP contribution is -1.94. The number of thiol groups is 1. The van der Waals surface area contributed by atoms with Gasteiger partial charge in [0.1, 0.15) is 5.01 Å². The molecule has 1 atom stereocenters. The number of H-pyrrole nitrogens is 1. The van der Waals surface area contributed by atoms with E-state index >= 15 is 0 Å². The number of aromatic amines is 1. The van der Waals surface area contributed by atoms with Crippen molar-refractivity contribution in [3.63, 3.8) is 0 Å². The minimum Gasteiger partial charge on any atom is -0.395 e. The Morgan fingerprint density at radius 2 is 2.60 bits per heavy atom. The minimum atomic E-state index is -0.210. The highest BCUT2D eigenvalue weighted by atomic mass is 32.1. The summed E-state index contributed by atoms with van der Waals surface area (Å²) >= 11 is 10.2. The average molecular weight is 194 g/mol. The molecule has 0 saturated heterocycles. The standard InChI is InChI=1S/C4H6N2OS3/c7-1-2(8)3-5-6-4(9)10-3/h2,7-8H,1H2,(H,6,9). The van der Waals surface area contributed by atoms with Gasteiger partial charge in [-0.2, -0.15) is 17.7 Å². The van der Waals surface area contributed by atoms with Gasteiger partial charge in [-0.3, -0.25) is 5.10 Å². The molecule has 0 spiro atoms. The van der Waals surface area contributed by atoms with Crippen molar-refractivity contribution in [3.8, 4) is 0 Å². The normalized spacial score (nSPS) is 13.4. The van der Waals surface area contributed by atoms with Crippen LogP contribution in [0.4, 0.5) is 0 Å². The van der Waals surface area contributed by atoms with Gasteiger partial charge in [0.2, 0.25) is 0 Å². The largest absolute Gasteiger partial charge is 0.395 e. The SMILES string of the molecule is OCC(S)c1n[nH]c(=S)s1. The van der Waals surface area contributed by atoms with Gasteiger partial charge in [0.25, 0.3) is 0 Å². The molecule has 0 saturated carbocycles. The van der Waals surface area contributed by atoms with Gasteiger partial charge in [0.15, 0.2) is 3.95 Å². The summed E-state index contributed by atoms with van der Waals surface area (Å²) in [5, 5.41) is 15.6. The number of nitrogens with zero attached hydrogens (tertiary/aromatic N) is 1. The summed E-state index contributed by atoms with van der Waals surface area (Å²) in [4.78, 5) is 0. The van der Waals surface area contributed by atoms with E-state index in [1.807, 2.05) is 0 Å². The van der Waals surface area contributed by atoms with Gasteiger partial charge in [-0.15, -0.1) is 0 Å². The van der Waals surface area contributed by atoms with Gasteiger partial charge in [0.05, 0.1) is 11.9 Å². The molecular formula is C4H6N2OS3. The Kier molecular flexibility index (Phi) is 2.84. The van der Waals surface area contributed by atoms with Crippen LogP contribution in [0.5, 0.6) is 0 Å². The quantitative estimate of drug-likeness (QED) is 0.489. The summed E-state index contributed by atoms with van der Waals surface area (Å²) in [6.07, 6.45) is 0. The second kappa shape index (κ2) is 3.47. The molecule has 0 aromatic carbocycles. The van der Waals surface area contributed by atoms with Crippen molar-refractivity contribution in [2.75, 3.05) is 6.61 Å². The van der Waals surface area contributed by atoms with E-state index in [9.17, 15) is 0 Å². The molecule has 56 valence electrons. The zero-order chi connectivity index (χ0) is 7.56. The second-order valence-corrected chi connectivity index (χ2v) is 3.97. The first-order chi connectivity index (χ1) is 4.74. The van der Waals surface area contributed by atoms with Crippen LogP contribution in [0, 0.1) is 3.95 Å². The molecule has 0 bridgehead atoms. The van der Waals surface area contributed by atoms with Crippen LogP contribution in [0.2, 0.25) is 0 Å². The maximum absolute atomic E-state index is 8.64. The van der Waals surface area contributed by atoms with Crippen LogP contribution in [-0.2, 0) is 0 Å². The highest BCUT2D eigenvalue weighted by Gasteiger charge is 2.07. The first kappa shape index (κ1) is 8.19. The maximum atomic E-state index is 8.64. The molecule has 10 heavy (non-hydrogen) atoms. The summed E-state index contributed by atoms with van der Waals surface area (Å²) in [7, 11) is 0. The van der Waals surface area contributed by atoms with E-state index < -0.39 is 0 Å². The lowest BCUT2D eigenvalue weighted by Gasteiger charge is -1.97. The third kappa shape index (κ3) is 1.79. The first-order valence-corrected chi connectivity index (χ1v) is 4.32. The Labute approximate surface area is 72.5 Å². The van der Waals surface area contributed by atoms with E-state index in [0.717, 1.165) is 5.01 Å². The van der Waals surface area contributed by atoms with E-state index in [0.29, 0.717) is 3.95 Å². The number of nitrogens with one attached hydrogen (secondary N) is 1. The van der Waals surface area contributed by atoms with Gasteiger partial charge in [-0.25, -0.2) is 0 Å². The topological polar surface area (TPSA) is 48.9 Å². The van der Waals surface area contributed by atoms with Crippen molar-refractivity contribution < 1.29 is 5.11 Å². The van der Waals surface area contributed by atoms with Crippen LogP contribution in [0.3, 0.4) is 0 Å². The van der Waals surface area contributed by atoms with Crippen molar-refractivity contribution in [3.05, 3.63) is 8.96 Å². The van der Waals surface area contributed by atoms with Gasteiger partial charge >= 0.3 is 0 Å². The molecule has 3 nitrogen and oxygen atoms in total. The fourth-order valence-corrected chi connectivity index (χ4v) is 1.56. The molecule has 0 radical (unpaired) electrons. The number of hydrogen-bond acceptors (Lipinski definition) is 5. The van der Waals surface area contributed by atoms with Crippen molar-refractivity contribution in [2.45, 2.75) is 5.25 Å². The highest BCUT2D eigenvalue weighted by molar-refractivity contribution is 7.80. The summed E-state index contributed by atoms with van der Waals surface area (Å²) < 4.78 is 0.613. The lowest BCUT2D eigenvalue weighted by molar-refractivity contribution is 0.296. The van der Waals surface area contributed by atoms with E-state index in [-0.39, 0.29) is 11.9 Å². The molecule has 6 heteroatoms. The zero-order valence-electron chi connectivity index (χ0n) is 4.94. The van der Waals surface area contributed by atoms with Crippen molar-refractivity contribution in [2.24, 2.45) is 0 Å². The summed E-state index contributed by atoms with van der Waals surface area (Å²) in [6, 6.07) is 0. The summed E-state index contributed by atoms with van der Waals surface area (Å²) in [6.45, 7) is -0.0146. The maximum Gasteiger partial charge on any atom is 0.176 e. The fourth-order valence-electron chi connectivity index (χ4n) is 0.462. The molecule has 1 rings (SSSR count). The molecule has 0 fully saturated rings. The van der Waals surface area contributed by atoms with E-state index in [4.69, 9.17) is 17.3 Å². The van der Waals surface area contributed by atoms with Crippen LogP contribution in [0.15, 0.2) is 0 Å². The Hall–Kier alpha value is 0.0900. The molecule has 1 aromatic rings. The molecule has 0 aliphatic heterocycles. The predicted molar refractivity (Wildman–Crippen MR) is 46.1 cm³/mol. The van der Waals surface area contributed by atoms with Crippen molar-refractivity contribution >= 4 is 36.2 Å². The second-order valence-electron chi connectivity index (χ2n) is 1.65. The van der Waals surface area contributed by atoms with Crippen molar-refractivity contribution in [1.29, 1.82) is 0 Å². The Bertz CT molecular complexity index is 255. The fraction of sp³-hybridized carbons (Fsp3) is 0.500. The minimum absolute atomic E-state index is 0.0146. The average Bonchev–Trinajstić information content (AvgIpc) is 2.34. The molecule has 1 heterocycles. The number of aromatic nitrogens is 2. The molecular weight excluding hydrogens is 188 g/mol. The van der Waals surface area contributed by atoms with Gasteiger partial charge in [-0.1, -0.05) is 11.3 Å². The Morgan fingerprint density at radius 3 is 3.00 bits per heavy atom. The number of aliphatic hydroxyl groups is 1. The third-order valence-corrected chi connectivity index (χ3v) is 2.70. The lowest BCUT2D eigenvalue weighted by atomic mass is 10.5. The van der Waals surface area contributed by atoms with E-state index in [2.05, 4.69) is 22.8 Å². The molecule has 1 unspecified atom stereocenters. The first-order valence-electron chi connectivity index (χ1n) is 2.58. The monoisotopic (exact) mass is 194 g/mol. The Morgan fingerprint density at radius 1 is 1.90 bits per heavy atom. The zero-order valence-corrected chi connectivity index (χ0v) is 7.47. The summed E-state index contributed by atoms with van der Waals surface area (Å²) in [5.41, 5.74) is 0. The number of rotatable bonds is 2. The van der Waals surface area contributed by atoms with E-state index in [1.165, 1.54) is 11.3 Å². The van der Waals surface area contributed by atoms with Crippen LogP contribution in [-0.4, -0.2) is 21.9 Å². The number of hydrogen-bond donors (Lipinski definition) is 3. The molecule has 2 N–H and O–H groups in total. The van der Waals surface area contributed by atoms with Crippen LogP contribution < -0.4 is 0 Å². The third-order valence-electron chi connectivity index (χ3n) is 0.913. The van der Waals surface area contributed by atoms with E-state index in [1.54, 1.807) is 0 Å². The van der Waals surface area contributed by atoms with Crippen LogP contribution >= 0.6 is 36.2 Å². The molecule has 0 aliphatic carbocycles. The Balaban J connectivity index is 2.84. The number of aliphatic hydroxyl groups excluding tert-OH is 1. The molecule has 1 aromatic heterocycles. The van der Waals surface area contributed by atoms with Crippen molar-refractivity contribution in [1.82, 2.24) is 10.2 Å². The van der Waals surface area contributed by atoms with Gasteiger partial charge < -0.3 is 5.11 Å². The summed E-state index contributed by atoms with van der Waals surface area (Å²) in [5.74, 6) is 0.